The maximum absolute atomic E-state index is 12.4. The summed E-state index contributed by atoms with van der Waals surface area (Å²) in [5.74, 6) is 1.26. The number of benzene rings is 2. The fourth-order valence-corrected chi connectivity index (χ4v) is 3.32. The first kappa shape index (κ1) is 18.8. The zero-order valence-corrected chi connectivity index (χ0v) is 15.9. The fraction of sp³-hybridized carbons (Fsp3) is 0.333. The molecule has 2 amide bonds. The molecule has 0 radical (unpaired) electrons. The largest absolute Gasteiger partial charge is 0.493 e. The summed E-state index contributed by atoms with van der Waals surface area (Å²) < 4.78 is 10.5. The van der Waals surface area contributed by atoms with Crippen LogP contribution >= 0.6 is 0 Å². The zero-order valence-electron chi connectivity index (χ0n) is 15.9. The molecule has 1 heterocycles. The van der Waals surface area contributed by atoms with E-state index >= 15 is 0 Å². The van der Waals surface area contributed by atoms with Crippen LogP contribution in [0.5, 0.6) is 11.5 Å². The lowest BCUT2D eigenvalue weighted by atomic mass is 10.1. The van der Waals surface area contributed by atoms with Gasteiger partial charge in [0.2, 0.25) is 11.8 Å². The lowest BCUT2D eigenvalue weighted by Crippen LogP contribution is -2.24. The van der Waals surface area contributed by atoms with Gasteiger partial charge in [0.05, 0.1) is 20.6 Å². The van der Waals surface area contributed by atoms with Gasteiger partial charge < -0.3 is 19.7 Å². The molecule has 0 aromatic heterocycles. The molecule has 1 aliphatic rings. The summed E-state index contributed by atoms with van der Waals surface area (Å²) in [6.45, 7) is 2.70. The number of aryl methyl sites for hydroxylation is 1. The van der Waals surface area contributed by atoms with Gasteiger partial charge in [0.1, 0.15) is 0 Å². The number of methoxy groups -OCH3 is 2. The fourth-order valence-electron chi connectivity index (χ4n) is 3.32. The van der Waals surface area contributed by atoms with Crippen LogP contribution in [0.3, 0.4) is 0 Å². The Morgan fingerprint density at radius 2 is 1.89 bits per heavy atom. The molecule has 0 aliphatic carbocycles. The third kappa shape index (κ3) is 4.22. The highest BCUT2D eigenvalue weighted by Crippen LogP contribution is 2.29. The molecule has 1 N–H and O–H groups in total. The summed E-state index contributed by atoms with van der Waals surface area (Å²) in [6, 6.07) is 11.0. The molecule has 0 spiro atoms. The Kier molecular flexibility index (Phi) is 5.64. The molecule has 3 rings (SSSR count). The normalized spacial score (nSPS) is 13.6. The number of rotatable bonds is 6. The highest BCUT2D eigenvalue weighted by Gasteiger charge is 2.23. The number of carbonyl (C=O) groups is 2. The Labute approximate surface area is 159 Å². The van der Waals surface area contributed by atoms with E-state index in [4.69, 9.17) is 9.47 Å². The SMILES string of the molecule is COc1ccc(CC(=O)Nc2ccc(N3CCCC3=O)c(C)c2)cc1OC. The number of hydrogen-bond acceptors (Lipinski definition) is 4. The van der Waals surface area contributed by atoms with Gasteiger partial charge in [0.15, 0.2) is 11.5 Å². The van der Waals surface area contributed by atoms with Gasteiger partial charge >= 0.3 is 0 Å². The van der Waals surface area contributed by atoms with Crippen LogP contribution in [-0.4, -0.2) is 32.6 Å². The minimum absolute atomic E-state index is 0.119. The molecule has 142 valence electrons. The van der Waals surface area contributed by atoms with Gasteiger partial charge in [0, 0.05) is 24.3 Å². The number of hydrogen-bond donors (Lipinski definition) is 1. The zero-order chi connectivity index (χ0) is 19.4. The van der Waals surface area contributed by atoms with E-state index in [0.717, 1.165) is 29.8 Å². The molecule has 2 aromatic carbocycles. The van der Waals surface area contributed by atoms with Crippen molar-refractivity contribution in [2.75, 3.05) is 31.0 Å². The van der Waals surface area contributed by atoms with Crippen molar-refractivity contribution in [1.82, 2.24) is 0 Å². The number of nitrogens with one attached hydrogen (secondary N) is 1. The molecular weight excluding hydrogens is 344 g/mol. The molecular formula is C21H24N2O4. The predicted octanol–water partition coefficient (Wildman–Crippen LogP) is 3.32. The highest BCUT2D eigenvalue weighted by atomic mass is 16.5. The molecule has 2 aromatic rings. The van der Waals surface area contributed by atoms with Crippen molar-refractivity contribution in [2.24, 2.45) is 0 Å². The van der Waals surface area contributed by atoms with E-state index in [1.54, 1.807) is 26.4 Å². The number of ether oxygens (including phenoxy) is 2. The third-order valence-corrected chi connectivity index (χ3v) is 4.66. The van der Waals surface area contributed by atoms with Crippen molar-refractivity contribution in [2.45, 2.75) is 26.2 Å². The van der Waals surface area contributed by atoms with Crippen molar-refractivity contribution in [3.63, 3.8) is 0 Å². The summed E-state index contributed by atoms with van der Waals surface area (Å²) in [4.78, 5) is 26.1. The number of carbonyl (C=O) groups excluding carboxylic acids is 2. The molecule has 0 bridgehead atoms. The number of amides is 2. The van der Waals surface area contributed by atoms with E-state index in [-0.39, 0.29) is 18.2 Å². The molecule has 6 heteroatoms. The van der Waals surface area contributed by atoms with Crippen LogP contribution in [0.4, 0.5) is 11.4 Å². The summed E-state index contributed by atoms with van der Waals surface area (Å²) in [5, 5.41) is 2.91. The van der Waals surface area contributed by atoms with Gasteiger partial charge in [-0.25, -0.2) is 0 Å². The lowest BCUT2D eigenvalue weighted by Gasteiger charge is -2.19. The van der Waals surface area contributed by atoms with E-state index < -0.39 is 0 Å². The van der Waals surface area contributed by atoms with E-state index in [9.17, 15) is 9.59 Å². The average Bonchev–Trinajstić information content (AvgIpc) is 3.07. The van der Waals surface area contributed by atoms with Gasteiger partial charge in [-0.3, -0.25) is 9.59 Å². The second-order valence-electron chi connectivity index (χ2n) is 6.56. The number of anilines is 2. The molecule has 1 saturated heterocycles. The quantitative estimate of drug-likeness (QED) is 0.849. The smallest absolute Gasteiger partial charge is 0.228 e. The summed E-state index contributed by atoms with van der Waals surface area (Å²) in [6.07, 6.45) is 1.72. The predicted molar refractivity (Wildman–Crippen MR) is 105 cm³/mol. The summed E-state index contributed by atoms with van der Waals surface area (Å²) >= 11 is 0. The second-order valence-corrected chi connectivity index (χ2v) is 6.56. The molecule has 1 aliphatic heterocycles. The molecule has 0 unspecified atom stereocenters. The highest BCUT2D eigenvalue weighted by molar-refractivity contribution is 5.97. The first-order chi connectivity index (χ1) is 13.0. The maximum atomic E-state index is 12.4. The lowest BCUT2D eigenvalue weighted by molar-refractivity contribution is -0.117. The van der Waals surface area contributed by atoms with Crippen molar-refractivity contribution in [3.05, 3.63) is 47.5 Å². The van der Waals surface area contributed by atoms with Gasteiger partial charge in [-0.05, 0) is 54.8 Å². The first-order valence-corrected chi connectivity index (χ1v) is 8.93. The minimum Gasteiger partial charge on any atom is -0.493 e. The molecule has 0 atom stereocenters. The Bertz CT molecular complexity index is 863. The molecule has 1 fully saturated rings. The Morgan fingerprint density at radius 1 is 1.11 bits per heavy atom. The van der Waals surface area contributed by atoms with E-state index in [0.29, 0.717) is 23.6 Å². The van der Waals surface area contributed by atoms with Crippen LogP contribution in [0, 0.1) is 6.92 Å². The van der Waals surface area contributed by atoms with Gasteiger partial charge in [-0.2, -0.15) is 0 Å². The minimum atomic E-state index is -0.119. The monoisotopic (exact) mass is 368 g/mol. The van der Waals surface area contributed by atoms with Crippen LogP contribution in [-0.2, 0) is 16.0 Å². The van der Waals surface area contributed by atoms with Gasteiger partial charge in [-0.15, -0.1) is 0 Å². The van der Waals surface area contributed by atoms with Crippen molar-refractivity contribution < 1.29 is 19.1 Å². The van der Waals surface area contributed by atoms with Gasteiger partial charge in [-0.1, -0.05) is 6.07 Å². The maximum Gasteiger partial charge on any atom is 0.228 e. The Balaban J connectivity index is 1.67. The Morgan fingerprint density at radius 3 is 2.52 bits per heavy atom. The van der Waals surface area contributed by atoms with Crippen LogP contribution in [0.2, 0.25) is 0 Å². The molecule has 0 saturated carbocycles. The van der Waals surface area contributed by atoms with E-state index in [1.165, 1.54) is 0 Å². The van der Waals surface area contributed by atoms with Crippen molar-refractivity contribution in [1.29, 1.82) is 0 Å². The van der Waals surface area contributed by atoms with Crippen LogP contribution in [0.25, 0.3) is 0 Å². The first-order valence-electron chi connectivity index (χ1n) is 8.93. The second kappa shape index (κ2) is 8.12. The van der Waals surface area contributed by atoms with Crippen molar-refractivity contribution >= 4 is 23.2 Å². The van der Waals surface area contributed by atoms with Crippen LogP contribution in [0.15, 0.2) is 36.4 Å². The number of nitrogens with zero attached hydrogens (tertiary/aromatic N) is 1. The van der Waals surface area contributed by atoms with Crippen molar-refractivity contribution in [3.8, 4) is 11.5 Å². The summed E-state index contributed by atoms with van der Waals surface area (Å²) in [5.41, 5.74) is 3.43. The average molecular weight is 368 g/mol. The summed E-state index contributed by atoms with van der Waals surface area (Å²) in [7, 11) is 3.14. The standard InChI is InChI=1S/C21H24N2O4/c1-14-11-16(7-8-17(14)23-10-4-5-21(23)25)22-20(24)13-15-6-9-18(26-2)19(12-15)27-3/h6-9,11-12H,4-5,10,13H2,1-3H3,(H,22,24). The molecule has 6 nitrogen and oxygen atoms in total. The van der Waals surface area contributed by atoms with Gasteiger partial charge in [0.25, 0.3) is 0 Å². The Hall–Kier alpha value is -3.02. The molecule has 27 heavy (non-hydrogen) atoms. The van der Waals surface area contributed by atoms with Crippen LogP contribution in [0.1, 0.15) is 24.0 Å². The van der Waals surface area contributed by atoms with E-state index in [2.05, 4.69) is 5.32 Å². The van der Waals surface area contributed by atoms with Crippen LogP contribution < -0.4 is 19.7 Å². The topological polar surface area (TPSA) is 67.9 Å². The third-order valence-electron chi connectivity index (χ3n) is 4.66. The van der Waals surface area contributed by atoms with E-state index in [1.807, 2.05) is 36.1 Å².